The van der Waals surface area contributed by atoms with Crippen LogP contribution >= 0.6 is 0 Å². The number of aromatic nitrogens is 2. The third kappa shape index (κ3) is 3.50. The van der Waals surface area contributed by atoms with Crippen LogP contribution in [0.2, 0.25) is 0 Å². The predicted octanol–water partition coefficient (Wildman–Crippen LogP) is 4.53. The number of carbonyl (C=O) groups is 1. The van der Waals surface area contributed by atoms with Gasteiger partial charge in [0.25, 0.3) is 0 Å². The van der Waals surface area contributed by atoms with Gasteiger partial charge in [0.2, 0.25) is 17.6 Å². The lowest BCUT2D eigenvalue weighted by Gasteiger charge is -2.23. The van der Waals surface area contributed by atoms with Crippen molar-refractivity contribution in [3.8, 4) is 11.4 Å². The first kappa shape index (κ1) is 17.5. The minimum Gasteiger partial charge on any atom is -0.337 e. The van der Waals surface area contributed by atoms with E-state index in [4.69, 9.17) is 4.52 Å². The molecule has 1 atom stereocenters. The van der Waals surface area contributed by atoms with Crippen LogP contribution in [0.3, 0.4) is 0 Å². The van der Waals surface area contributed by atoms with Gasteiger partial charge in [-0.3, -0.25) is 4.79 Å². The number of nitrogens with zero attached hydrogens (tertiary/aromatic N) is 3. The second-order valence-corrected chi connectivity index (χ2v) is 7.33. The number of amides is 1. The van der Waals surface area contributed by atoms with E-state index in [1.54, 1.807) is 0 Å². The number of hydrogen-bond acceptors (Lipinski definition) is 4. The molecule has 1 aliphatic rings. The molecule has 2 heterocycles. The number of rotatable bonds is 4. The zero-order chi connectivity index (χ0) is 19.0. The zero-order valence-corrected chi connectivity index (χ0v) is 15.9. The summed E-state index contributed by atoms with van der Waals surface area (Å²) < 4.78 is 5.55. The van der Waals surface area contributed by atoms with Gasteiger partial charge in [0.15, 0.2) is 0 Å². The minimum atomic E-state index is -0.163. The quantitative estimate of drug-likeness (QED) is 0.685. The van der Waals surface area contributed by atoms with E-state index in [1.165, 1.54) is 11.1 Å². The van der Waals surface area contributed by atoms with Crippen LogP contribution in [-0.4, -0.2) is 20.9 Å². The molecule has 1 amide bonds. The van der Waals surface area contributed by atoms with Gasteiger partial charge in [0.1, 0.15) is 6.04 Å². The molecule has 4 rings (SSSR count). The first-order valence-corrected chi connectivity index (χ1v) is 9.27. The summed E-state index contributed by atoms with van der Waals surface area (Å²) in [5, 5.41) is 4.14. The van der Waals surface area contributed by atoms with Crippen LogP contribution in [0.25, 0.3) is 11.4 Å². The minimum absolute atomic E-state index is 0.135. The summed E-state index contributed by atoms with van der Waals surface area (Å²) in [7, 11) is 0. The number of aryl methyl sites for hydroxylation is 3. The Kier molecular flexibility index (Phi) is 4.52. The van der Waals surface area contributed by atoms with Crippen LogP contribution in [0, 0.1) is 20.8 Å². The molecule has 1 aliphatic heterocycles. The Balaban J connectivity index is 1.60. The Hall–Kier alpha value is -2.95. The fourth-order valence-corrected chi connectivity index (χ4v) is 3.67. The molecule has 0 N–H and O–H groups in total. The van der Waals surface area contributed by atoms with Gasteiger partial charge in [-0.2, -0.15) is 4.98 Å². The average molecular weight is 361 g/mol. The van der Waals surface area contributed by atoms with E-state index in [9.17, 15) is 4.79 Å². The summed E-state index contributed by atoms with van der Waals surface area (Å²) >= 11 is 0. The highest BCUT2D eigenvalue weighted by Crippen LogP contribution is 2.34. The van der Waals surface area contributed by atoms with E-state index in [0.29, 0.717) is 31.1 Å². The Morgan fingerprint density at radius 2 is 1.93 bits per heavy atom. The number of carbonyl (C=O) groups excluding carboxylic acids is 1. The van der Waals surface area contributed by atoms with Gasteiger partial charge in [0, 0.05) is 18.5 Å². The van der Waals surface area contributed by atoms with Crippen LogP contribution in [-0.2, 0) is 11.3 Å². The molecule has 3 aromatic rings. The van der Waals surface area contributed by atoms with Gasteiger partial charge in [-0.05, 0) is 44.4 Å². The second-order valence-electron chi connectivity index (χ2n) is 7.33. The summed E-state index contributed by atoms with van der Waals surface area (Å²) in [6, 6.07) is 14.2. The van der Waals surface area contributed by atoms with Crippen molar-refractivity contribution in [2.75, 3.05) is 0 Å². The Morgan fingerprint density at radius 1 is 1.11 bits per heavy atom. The van der Waals surface area contributed by atoms with Crippen molar-refractivity contribution < 1.29 is 9.32 Å². The lowest BCUT2D eigenvalue weighted by atomic mass is 10.0. The summed E-state index contributed by atoms with van der Waals surface area (Å²) in [5.41, 5.74) is 5.64. The normalized spacial score (nSPS) is 16.9. The molecule has 0 saturated carbocycles. The molecule has 27 heavy (non-hydrogen) atoms. The highest BCUT2D eigenvalue weighted by atomic mass is 16.5. The number of hydrogen-bond donors (Lipinski definition) is 0. The highest BCUT2D eigenvalue weighted by molar-refractivity contribution is 5.79. The molecule has 1 fully saturated rings. The molecule has 0 aliphatic carbocycles. The van der Waals surface area contributed by atoms with E-state index in [-0.39, 0.29) is 11.9 Å². The number of likely N-dealkylation sites (tertiary alicyclic amines) is 1. The van der Waals surface area contributed by atoms with Gasteiger partial charge in [-0.15, -0.1) is 0 Å². The van der Waals surface area contributed by atoms with Crippen LogP contribution in [0.5, 0.6) is 0 Å². The third-order valence-corrected chi connectivity index (χ3v) is 5.17. The van der Waals surface area contributed by atoms with E-state index < -0.39 is 0 Å². The first-order valence-electron chi connectivity index (χ1n) is 9.27. The van der Waals surface area contributed by atoms with E-state index in [2.05, 4.69) is 42.2 Å². The predicted molar refractivity (Wildman–Crippen MR) is 103 cm³/mol. The van der Waals surface area contributed by atoms with Crippen molar-refractivity contribution in [3.05, 3.63) is 70.6 Å². The van der Waals surface area contributed by atoms with Gasteiger partial charge >= 0.3 is 0 Å². The van der Waals surface area contributed by atoms with Crippen LogP contribution < -0.4 is 0 Å². The monoisotopic (exact) mass is 361 g/mol. The molecule has 138 valence electrons. The van der Waals surface area contributed by atoms with Crippen LogP contribution in [0.15, 0.2) is 47.0 Å². The molecule has 1 aromatic heterocycles. The van der Waals surface area contributed by atoms with Gasteiger partial charge in [0.05, 0.1) is 0 Å². The lowest BCUT2D eigenvalue weighted by molar-refractivity contribution is -0.130. The van der Waals surface area contributed by atoms with Crippen molar-refractivity contribution in [1.82, 2.24) is 15.0 Å². The summed E-state index contributed by atoms with van der Waals surface area (Å²) in [5.74, 6) is 1.22. The fourth-order valence-electron chi connectivity index (χ4n) is 3.67. The van der Waals surface area contributed by atoms with Crippen molar-refractivity contribution in [1.29, 1.82) is 0 Å². The molecule has 1 saturated heterocycles. The van der Waals surface area contributed by atoms with Crippen molar-refractivity contribution in [2.24, 2.45) is 0 Å². The van der Waals surface area contributed by atoms with Gasteiger partial charge in [-0.25, -0.2) is 0 Å². The first-order chi connectivity index (χ1) is 13.0. The molecule has 0 bridgehead atoms. The summed E-state index contributed by atoms with van der Waals surface area (Å²) in [6.07, 6.45) is 1.22. The molecule has 2 aromatic carbocycles. The Morgan fingerprint density at radius 3 is 2.70 bits per heavy atom. The molecule has 1 unspecified atom stereocenters. The van der Waals surface area contributed by atoms with Crippen LogP contribution in [0.1, 0.15) is 47.0 Å². The Bertz CT molecular complexity index is 993. The maximum atomic E-state index is 12.5. The third-order valence-electron chi connectivity index (χ3n) is 5.17. The van der Waals surface area contributed by atoms with E-state index in [0.717, 1.165) is 16.7 Å². The van der Waals surface area contributed by atoms with Crippen molar-refractivity contribution in [3.63, 3.8) is 0 Å². The zero-order valence-electron chi connectivity index (χ0n) is 15.9. The molecular weight excluding hydrogens is 338 g/mol. The maximum absolute atomic E-state index is 12.5. The van der Waals surface area contributed by atoms with Crippen molar-refractivity contribution in [2.45, 2.75) is 46.2 Å². The van der Waals surface area contributed by atoms with E-state index in [1.807, 2.05) is 36.1 Å². The maximum Gasteiger partial charge on any atom is 0.249 e. The molecule has 5 heteroatoms. The fraction of sp³-hybridized carbons (Fsp3) is 0.318. The molecule has 0 spiro atoms. The smallest absolute Gasteiger partial charge is 0.249 e. The highest BCUT2D eigenvalue weighted by Gasteiger charge is 2.36. The van der Waals surface area contributed by atoms with Gasteiger partial charge in [-0.1, -0.05) is 52.7 Å². The standard InChI is InChI=1S/C22H23N3O2/c1-14-5-4-6-17(12-14)21-23-22(27-24-21)19-9-10-20(26)25(19)13-18-8-7-15(2)11-16(18)3/h4-8,11-12,19H,9-10,13H2,1-3H3. The number of benzene rings is 2. The summed E-state index contributed by atoms with van der Waals surface area (Å²) in [6.45, 7) is 6.76. The van der Waals surface area contributed by atoms with Crippen molar-refractivity contribution >= 4 is 5.91 Å². The van der Waals surface area contributed by atoms with Crippen LogP contribution in [0.4, 0.5) is 0 Å². The molecule has 5 nitrogen and oxygen atoms in total. The molecular formula is C22H23N3O2. The largest absolute Gasteiger partial charge is 0.337 e. The average Bonchev–Trinajstić information content (AvgIpc) is 3.25. The second kappa shape index (κ2) is 6.99. The summed E-state index contributed by atoms with van der Waals surface area (Å²) in [4.78, 5) is 19.0. The topological polar surface area (TPSA) is 59.2 Å². The van der Waals surface area contributed by atoms with Gasteiger partial charge < -0.3 is 9.42 Å². The SMILES string of the molecule is Cc1cccc(-c2noc(C3CCC(=O)N3Cc3ccc(C)cc3C)n2)c1. The molecule has 0 radical (unpaired) electrons. The van der Waals surface area contributed by atoms with E-state index >= 15 is 0 Å². The Labute approximate surface area is 159 Å². The lowest BCUT2D eigenvalue weighted by Crippen LogP contribution is -2.27.